The monoisotopic (exact) mass is 306 g/mol. The number of hydrogen-bond acceptors (Lipinski definition) is 2. The Morgan fingerprint density at radius 2 is 1.17 bits per heavy atom. The van der Waals surface area contributed by atoms with Gasteiger partial charge in [0.1, 0.15) is 11.5 Å². The van der Waals surface area contributed by atoms with Crippen LogP contribution in [-0.4, -0.2) is 14.2 Å². The Balaban J connectivity index is 2.10. The largest absolute Gasteiger partial charge is 0.496 e. The molecule has 23 heavy (non-hydrogen) atoms. The van der Waals surface area contributed by atoms with Gasteiger partial charge < -0.3 is 9.47 Å². The summed E-state index contributed by atoms with van der Waals surface area (Å²) in [5.41, 5.74) is 6.54. The van der Waals surface area contributed by atoms with Gasteiger partial charge in [-0.2, -0.15) is 0 Å². The molecule has 0 fully saturated rings. The summed E-state index contributed by atoms with van der Waals surface area (Å²) in [6.45, 7) is 8.51. The van der Waals surface area contributed by atoms with Gasteiger partial charge in [-0.05, 0) is 76.9 Å². The van der Waals surface area contributed by atoms with Crippen LogP contribution in [0.2, 0.25) is 0 Å². The first-order valence-electron chi connectivity index (χ1n) is 7.87. The Labute approximate surface area is 138 Å². The first kappa shape index (κ1) is 15.4. The topological polar surface area (TPSA) is 18.5 Å². The maximum atomic E-state index is 5.50. The highest BCUT2D eigenvalue weighted by molar-refractivity contribution is 6.03. The van der Waals surface area contributed by atoms with Gasteiger partial charge in [-0.25, -0.2) is 0 Å². The summed E-state index contributed by atoms with van der Waals surface area (Å²) >= 11 is 0. The molecule has 2 aromatic carbocycles. The number of hydrogen-bond donors (Lipinski definition) is 0. The zero-order valence-electron chi connectivity index (χ0n) is 13.8. The van der Waals surface area contributed by atoms with Gasteiger partial charge in [0.2, 0.25) is 0 Å². The van der Waals surface area contributed by atoms with Crippen LogP contribution in [-0.2, 0) is 12.8 Å². The van der Waals surface area contributed by atoms with E-state index in [0.29, 0.717) is 0 Å². The molecule has 0 N–H and O–H groups in total. The van der Waals surface area contributed by atoms with Gasteiger partial charge in [-0.3, -0.25) is 0 Å². The number of aryl methyl sites for hydroxylation is 2. The summed E-state index contributed by atoms with van der Waals surface area (Å²) in [5.74, 6) is 1.87. The first-order chi connectivity index (χ1) is 11.1. The van der Waals surface area contributed by atoms with Crippen molar-refractivity contribution in [3.8, 4) is 11.5 Å². The predicted molar refractivity (Wildman–Crippen MR) is 96.1 cm³/mol. The zero-order chi connectivity index (χ0) is 16.4. The van der Waals surface area contributed by atoms with Gasteiger partial charge >= 0.3 is 0 Å². The Kier molecular flexibility index (Phi) is 4.24. The average Bonchev–Trinajstić information content (AvgIpc) is 2.60. The lowest BCUT2D eigenvalue weighted by Crippen LogP contribution is -1.97. The number of ether oxygens (including phenoxy) is 2. The Morgan fingerprint density at radius 3 is 1.57 bits per heavy atom. The molecule has 3 rings (SSSR count). The second-order valence-electron chi connectivity index (χ2n) is 5.86. The van der Waals surface area contributed by atoms with Gasteiger partial charge in [-0.1, -0.05) is 25.3 Å². The zero-order valence-corrected chi connectivity index (χ0v) is 13.8. The molecule has 2 heteroatoms. The van der Waals surface area contributed by atoms with E-state index < -0.39 is 0 Å². The highest BCUT2D eigenvalue weighted by Gasteiger charge is 2.14. The molecule has 1 aliphatic carbocycles. The van der Waals surface area contributed by atoms with E-state index in [1.165, 1.54) is 11.1 Å². The molecule has 1 aliphatic rings. The van der Waals surface area contributed by atoms with Crippen molar-refractivity contribution in [2.75, 3.05) is 14.2 Å². The van der Waals surface area contributed by atoms with E-state index in [1.54, 1.807) is 14.2 Å². The summed E-state index contributed by atoms with van der Waals surface area (Å²) in [6, 6.07) is 12.5. The molecule has 2 aromatic rings. The SMILES string of the molecule is C=C1C(=C)c2ccc(OC)c(c2)CCCc2cc1ccc2OC. The van der Waals surface area contributed by atoms with Crippen molar-refractivity contribution in [3.05, 3.63) is 71.8 Å². The molecule has 2 nitrogen and oxygen atoms in total. The normalized spacial score (nSPS) is 14.2. The molecule has 4 bridgehead atoms. The molecule has 0 atom stereocenters. The van der Waals surface area contributed by atoms with E-state index in [4.69, 9.17) is 9.47 Å². The van der Waals surface area contributed by atoms with E-state index in [-0.39, 0.29) is 0 Å². The van der Waals surface area contributed by atoms with Gasteiger partial charge in [0.15, 0.2) is 0 Å². The third-order valence-corrected chi connectivity index (χ3v) is 4.51. The third kappa shape index (κ3) is 2.89. The summed E-state index contributed by atoms with van der Waals surface area (Å²) in [5, 5.41) is 0. The highest BCUT2D eigenvalue weighted by Crippen LogP contribution is 2.35. The van der Waals surface area contributed by atoms with Crippen molar-refractivity contribution >= 4 is 11.1 Å². The van der Waals surface area contributed by atoms with Crippen molar-refractivity contribution in [2.24, 2.45) is 0 Å². The number of methoxy groups -OCH3 is 2. The maximum Gasteiger partial charge on any atom is 0.122 e. The highest BCUT2D eigenvalue weighted by atomic mass is 16.5. The van der Waals surface area contributed by atoms with Crippen molar-refractivity contribution in [1.29, 1.82) is 0 Å². The van der Waals surface area contributed by atoms with Gasteiger partial charge in [0.05, 0.1) is 14.2 Å². The molecule has 118 valence electrons. The molecule has 0 unspecified atom stereocenters. The third-order valence-electron chi connectivity index (χ3n) is 4.51. The van der Waals surface area contributed by atoms with E-state index in [1.807, 2.05) is 12.1 Å². The van der Waals surface area contributed by atoms with Crippen molar-refractivity contribution in [2.45, 2.75) is 19.3 Å². The molecule has 0 saturated carbocycles. The van der Waals surface area contributed by atoms with E-state index in [9.17, 15) is 0 Å². The van der Waals surface area contributed by atoms with Gasteiger partial charge in [0, 0.05) is 0 Å². The van der Waals surface area contributed by atoms with Crippen LogP contribution in [0.1, 0.15) is 28.7 Å². The molecule has 0 saturated heterocycles. The quantitative estimate of drug-likeness (QED) is 0.784. The lowest BCUT2D eigenvalue weighted by molar-refractivity contribution is 0.406. The molecule has 0 radical (unpaired) electrons. The fourth-order valence-electron chi connectivity index (χ4n) is 3.14. The molecule has 0 amide bonds. The summed E-state index contributed by atoms with van der Waals surface area (Å²) in [7, 11) is 3.44. The lowest BCUT2D eigenvalue weighted by atomic mass is 9.93. The Bertz CT molecular complexity index is 706. The van der Waals surface area contributed by atoms with Crippen LogP contribution < -0.4 is 9.47 Å². The van der Waals surface area contributed by atoms with Crippen LogP contribution in [0, 0.1) is 0 Å². The summed E-state index contributed by atoms with van der Waals surface area (Å²) in [6.07, 6.45) is 2.97. The van der Waals surface area contributed by atoms with Gasteiger partial charge in [0.25, 0.3) is 0 Å². The van der Waals surface area contributed by atoms with Crippen molar-refractivity contribution < 1.29 is 9.47 Å². The van der Waals surface area contributed by atoms with E-state index in [2.05, 4.69) is 37.4 Å². The first-order valence-corrected chi connectivity index (χ1v) is 7.87. The molecule has 0 aromatic heterocycles. The average molecular weight is 306 g/mol. The van der Waals surface area contributed by atoms with Crippen LogP contribution in [0.3, 0.4) is 0 Å². The minimum Gasteiger partial charge on any atom is -0.496 e. The Hall–Kier alpha value is -2.48. The predicted octanol–water partition coefficient (Wildman–Crippen LogP) is 4.92. The minimum absolute atomic E-state index is 0.935. The smallest absolute Gasteiger partial charge is 0.122 e. The fourth-order valence-corrected chi connectivity index (χ4v) is 3.14. The summed E-state index contributed by atoms with van der Waals surface area (Å²) < 4.78 is 11.0. The van der Waals surface area contributed by atoms with Crippen LogP contribution in [0.25, 0.3) is 11.1 Å². The van der Waals surface area contributed by atoms with E-state index in [0.717, 1.165) is 53.0 Å². The second kappa shape index (κ2) is 6.33. The van der Waals surface area contributed by atoms with E-state index >= 15 is 0 Å². The molecule has 0 heterocycles. The number of benzene rings is 2. The second-order valence-corrected chi connectivity index (χ2v) is 5.86. The van der Waals surface area contributed by atoms with Crippen LogP contribution in [0.15, 0.2) is 49.6 Å². The molecular formula is C21H22O2. The Morgan fingerprint density at radius 1 is 0.739 bits per heavy atom. The van der Waals surface area contributed by atoms with Crippen molar-refractivity contribution in [1.82, 2.24) is 0 Å². The van der Waals surface area contributed by atoms with Crippen LogP contribution in [0.4, 0.5) is 0 Å². The number of allylic oxidation sites excluding steroid dienone is 2. The maximum absolute atomic E-state index is 5.50. The fraction of sp³-hybridized carbons (Fsp3) is 0.238. The summed E-state index contributed by atoms with van der Waals surface area (Å²) in [4.78, 5) is 0. The molecular weight excluding hydrogens is 284 g/mol. The molecule has 0 aliphatic heterocycles. The number of fused-ring (bicyclic) bond motifs is 4. The van der Waals surface area contributed by atoms with Crippen LogP contribution >= 0.6 is 0 Å². The van der Waals surface area contributed by atoms with Crippen molar-refractivity contribution in [3.63, 3.8) is 0 Å². The standard InChI is InChI=1S/C21H22O2/c1-14-15(2)17-9-11-21(23-4)19(13-17)7-5-6-18-12-16(14)8-10-20(18)22-3/h8-13H,1-2,5-7H2,3-4H3. The van der Waals surface area contributed by atoms with Crippen LogP contribution in [0.5, 0.6) is 11.5 Å². The number of rotatable bonds is 2. The minimum atomic E-state index is 0.935. The van der Waals surface area contributed by atoms with Gasteiger partial charge in [-0.15, -0.1) is 0 Å². The molecule has 0 spiro atoms. The lowest BCUT2D eigenvalue weighted by Gasteiger charge is -2.14.